The second-order valence-electron chi connectivity index (χ2n) is 8.87. The second kappa shape index (κ2) is 12.0. The van der Waals surface area contributed by atoms with Gasteiger partial charge in [-0.05, 0) is 66.6 Å². The van der Waals surface area contributed by atoms with Gasteiger partial charge in [-0.2, -0.15) is 13.2 Å². The molecular weight excluding hydrogens is 586 g/mol. The maximum atomic E-state index is 12.9. The summed E-state index contributed by atoms with van der Waals surface area (Å²) in [6.45, 7) is 0.248. The third-order valence-electron chi connectivity index (χ3n) is 6.05. The van der Waals surface area contributed by atoms with E-state index in [1.807, 2.05) is 0 Å². The monoisotopic (exact) mass is 607 g/mol. The number of hydrogen-bond acceptors (Lipinski definition) is 6. The van der Waals surface area contributed by atoms with Crippen molar-refractivity contribution in [3.05, 3.63) is 105 Å². The van der Waals surface area contributed by atoms with Crippen molar-refractivity contribution in [2.45, 2.75) is 18.5 Å². The average Bonchev–Trinajstić information content (AvgIpc) is 2.91. The third-order valence-corrected chi connectivity index (χ3v) is 6.66. The topological polar surface area (TPSA) is 137 Å². The molecule has 8 nitrogen and oxygen atoms in total. The van der Waals surface area contributed by atoms with Crippen LogP contribution in [0.3, 0.4) is 0 Å². The molecule has 0 spiro atoms. The minimum absolute atomic E-state index is 0.0724. The third kappa shape index (κ3) is 7.05. The number of hydrogen-bond donors (Lipinski definition) is 4. The number of ether oxygens (including phenoxy) is 2. The molecule has 3 aromatic rings. The summed E-state index contributed by atoms with van der Waals surface area (Å²) < 4.78 is 50.1. The van der Waals surface area contributed by atoms with E-state index in [0.717, 1.165) is 12.1 Å². The molecule has 41 heavy (non-hydrogen) atoms. The number of benzene rings is 3. The SMILES string of the molecule is N/C(=C\C=C(/N)NC(=O)c1ccc(Oc2cc3c(cc2Cl)C(C(=O)O)CCO3)cc1)c1ccc(C(F)(F)F)c(Cl)c1. The molecule has 0 aliphatic carbocycles. The van der Waals surface area contributed by atoms with E-state index in [2.05, 4.69) is 5.32 Å². The Balaban J connectivity index is 1.40. The zero-order valence-electron chi connectivity index (χ0n) is 21.0. The predicted octanol–water partition coefficient (Wildman–Crippen LogP) is 6.28. The largest absolute Gasteiger partial charge is 0.493 e. The van der Waals surface area contributed by atoms with Crippen molar-refractivity contribution < 1.29 is 37.3 Å². The Morgan fingerprint density at radius 2 is 1.68 bits per heavy atom. The van der Waals surface area contributed by atoms with Crippen molar-refractivity contribution in [1.82, 2.24) is 5.32 Å². The van der Waals surface area contributed by atoms with Crippen molar-refractivity contribution in [3.63, 3.8) is 0 Å². The van der Waals surface area contributed by atoms with E-state index in [4.69, 9.17) is 44.1 Å². The van der Waals surface area contributed by atoms with Crippen LogP contribution in [0.25, 0.3) is 5.70 Å². The van der Waals surface area contributed by atoms with Crippen molar-refractivity contribution >= 4 is 40.8 Å². The number of nitrogens with one attached hydrogen (secondary N) is 1. The van der Waals surface area contributed by atoms with E-state index in [0.29, 0.717) is 23.5 Å². The molecule has 13 heteroatoms. The number of carboxylic acids is 1. The maximum Gasteiger partial charge on any atom is 0.417 e. The van der Waals surface area contributed by atoms with Crippen LogP contribution in [-0.2, 0) is 11.0 Å². The fourth-order valence-corrected chi connectivity index (χ4v) is 4.47. The van der Waals surface area contributed by atoms with Crippen molar-refractivity contribution in [1.29, 1.82) is 0 Å². The lowest BCUT2D eigenvalue weighted by Crippen LogP contribution is -2.27. The zero-order valence-corrected chi connectivity index (χ0v) is 22.5. The highest BCUT2D eigenvalue weighted by atomic mass is 35.5. The zero-order chi connectivity index (χ0) is 29.9. The lowest BCUT2D eigenvalue weighted by molar-refractivity contribution is -0.139. The summed E-state index contributed by atoms with van der Waals surface area (Å²) in [5.41, 5.74) is 11.8. The molecule has 0 saturated heterocycles. The van der Waals surface area contributed by atoms with E-state index in [1.165, 1.54) is 54.6 Å². The Hall–Kier alpha value is -4.35. The van der Waals surface area contributed by atoms with Gasteiger partial charge >= 0.3 is 12.1 Å². The van der Waals surface area contributed by atoms with Crippen LogP contribution >= 0.6 is 23.2 Å². The summed E-state index contributed by atoms with van der Waals surface area (Å²) in [5, 5.41) is 11.6. The summed E-state index contributed by atoms with van der Waals surface area (Å²) in [5.74, 6) is -1.33. The number of aliphatic carboxylic acids is 1. The molecule has 1 heterocycles. The van der Waals surface area contributed by atoms with Gasteiger partial charge in [0.1, 0.15) is 23.1 Å². The molecule has 3 aromatic carbocycles. The van der Waals surface area contributed by atoms with E-state index in [9.17, 15) is 27.9 Å². The Bertz CT molecular complexity index is 1560. The molecule has 0 aromatic heterocycles. The number of carbonyl (C=O) groups is 2. The number of fused-ring (bicyclic) bond motifs is 1. The van der Waals surface area contributed by atoms with Gasteiger partial charge in [-0.15, -0.1) is 0 Å². The Labute approximate surface area is 241 Å². The number of amides is 1. The van der Waals surface area contributed by atoms with Crippen LogP contribution in [-0.4, -0.2) is 23.6 Å². The van der Waals surface area contributed by atoms with Crippen LogP contribution in [0.15, 0.2) is 72.6 Å². The number of rotatable bonds is 7. The first-order valence-corrected chi connectivity index (χ1v) is 12.7. The number of carboxylic acid groups (broad SMARTS) is 1. The van der Waals surface area contributed by atoms with Gasteiger partial charge in [0.15, 0.2) is 0 Å². The summed E-state index contributed by atoms with van der Waals surface area (Å²) in [7, 11) is 0. The molecule has 1 aliphatic heterocycles. The van der Waals surface area contributed by atoms with Gasteiger partial charge in [0.25, 0.3) is 5.91 Å². The van der Waals surface area contributed by atoms with Gasteiger partial charge in [-0.3, -0.25) is 9.59 Å². The smallest absolute Gasteiger partial charge is 0.417 e. The van der Waals surface area contributed by atoms with Crippen LogP contribution in [0.4, 0.5) is 13.2 Å². The fraction of sp³-hybridized carbons (Fsp3) is 0.143. The van der Waals surface area contributed by atoms with E-state index in [-0.39, 0.29) is 40.0 Å². The molecule has 0 fully saturated rings. The molecule has 1 unspecified atom stereocenters. The summed E-state index contributed by atoms with van der Waals surface area (Å²) in [6, 6.07) is 12.1. The first-order valence-electron chi connectivity index (χ1n) is 11.9. The molecule has 0 saturated carbocycles. The number of nitrogens with two attached hydrogens (primary N) is 2. The standard InChI is InChI=1S/C28H22Cl2F3N3O5/c29-20-11-15(3-6-19(20)28(31,32)33)22(34)7-8-25(35)36-26(37)14-1-4-16(5-2-14)41-24-13-23-18(12-21(24)30)17(27(38)39)9-10-40-23/h1-8,11-13,17H,9-10,34-35H2,(H,36,37)(H,38,39)/b22-7-,25-8+. The normalized spacial score (nSPS) is 15.5. The Morgan fingerprint density at radius 3 is 2.32 bits per heavy atom. The molecule has 4 rings (SSSR count). The molecule has 1 aliphatic rings. The summed E-state index contributed by atoms with van der Waals surface area (Å²) in [6.07, 6.45) is -1.66. The highest BCUT2D eigenvalue weighted by Crippen LogP contribution is 2.42. The fourth-order valence-electron chi connectivity index (χ4n) is 3.97. The Morgan fingerprint density at radius 1 is 1.00 bits per heavy atom. The van der Waals surface area contributed by atoms with Gasteiger partial charge < -0.3 is 31.4 Å². The molecule has 1 atom stereocenters. The lowest BCUT2D eigenvalue weighted by Gasteiger charge is -2.24. The van der Waals surface area contributed by atoms with Crippen LogP contribution in [0.2, 0.25) is 10.0 Å². The van der Waals surface area contributed by atoms with Crippen LogP contribution in [0.5, 0.6) is 17.2 Å². The minimum atomic E-state index is -4.59. The minimum Gasteiger partial charge on any atom is -0.493 e. The first-order chi connectivity index (χ1) is 19.3. The van der Waals surface area contributed by atoms with Crippen molar-refractivity contribution in [3.8, 4) is 17.2 Å². The number of halogens is 5. The molecule has 0 radical (unpaired) electrons. The van der Waals surface area contributed by atoms with Gasteiger partial charge in [0.05, 0.1) is 28.1 Å². The molecular formula is C28H22Cl2F3N3O5. The molecule has 1 amide bonds. The highest BCUT2D eigenvalue weighted by molar-refractivity contribution is 6.32. The predicted molar refractivity (Wildman–Crippen MR) is 147 cm³/mol. The van der Waals surface area contributed by atoms with Gasteiger partial charge in [0.2, 0.25) is 0 Å². The highest BCUT2D eigenvalue weighted by Gasteiger charge is 2.33. The first kappa shape index (κ1) is 29.6. The van der Waals surface area contributed by atoms with Crippen LogP contribution in [0.1, 0.15) is 39.4 Å². The van der Waals surface area contributed by atoms with E-state index < -0.39 is 34.6 Å². The van der Waals surface area contributed by atoms with Crippen molar-refractivity contribution in [2.75, 3.05) is 6.61 Å². The van der Waals surface area contributed by atoms with Gasteiger partial charge in [0, 0.05) is 22.9 Å². The maximum absolute atomic E-state index is 12.9. The average molecular weight is 608 g/mol. The summed E-state index contributed by atoms with van der Waals surface area (Å²) in [4.78, 5) is 24.1. The quantitative estimate of drug-likeness (QED) is 0.232. The number of carbonyl (C=O) groups excluding carboxylic acids is 1. The lowest BCUT2D eigenvalue weighted by atomic mass is 9.93. The van der Waals surface area contributed by atoms with Crippen molar-refractivity contribution in [2.24, 2.45) is 11.5 Å². The van der Waals surface area contributed by atoms with E-state index >= 15 is 0 Å². The molecule has 0 bridgehead atoms. The summed E-state index contributed by atoms with van der Waals surface area (Å²) >= 11 is 12.0. The van der Waals surface area contributed by atoms with E-state index in [1.54, 1.807) is 0 Å². The van der Waals surface area contributed by atoms with Crippen LogP contribution < -0.4 is 26.3 Å². The van der Waals surface area contributed by atoms with Gasteiger partial charge in [-0.1, -0.05) is 29.3 Å². The van der Waals surface area contributed by atoms with Gasteiger partial charge in [-0.25, -0.2) is 0 Å². The Kier molecular flexibility index (Phi) is 8.69. The molecule has 6 N–H and O–H groups in total. The molecule has 214 valence electrons. The second-order valence-corrected chi connectivity index (χ2v) is 9.68. The van der Waals surface area contributed by atoms with Crippen LogP contribution in [0, 0.1) is 0 Å². The number of allylic oxidation sites excluding steroid dienone is 2. The number of alkyl halides is 3.